The van der Waals surface area contributed by atoms with E-state index in [0.29, 0.717) is 5.92 Å². The molecule has 2 rings (SSSR count). The molecule has 1 aromatic heterocycles. The highest BCUT2D eigenvalue weighted by Crippen LogP contribution is 2.16. The lowest BCUT2D eigenvalue weighted by atomic mass is 10.1. The Hall–Kier alpha value is -1.03. The largest absolute Gasteiger partial charge is 0.316 e. The first-order valence-electron chi connectivity index (χ1n) is 3.79. The van der Waals surface area contributed by atoms with Gasteiger partial charge in [0, 0.05) is 12.5 Å². The molecule has 0 aromatic carbocycles. The van der Waals surface area contributed by atoms with E-state index in [1.165, 1.54) is 0 Å². The minimum atomic E-state index is 0.498. The van der Waals surface area contributed by atoms with Gasteiger partial charge < -0.3 is 5.32 Å². The molecule has 11 heavy (non-hydrogen) atoms. The monoisotopic (exact) mass is 150 g/mol. The molecule has 2 heterocycles. The lowest BCUT2D eigenvalue weighted by Gasteiger charge is -2.03. The number of aromatic nitrogens is 3. The van der Waals surface area contributed by atoms with Crippen LogP contribution < -0.4 is 5.32 Å². The molecular weight excluding hydrogens is 140 g/mol. The second kappa shape index (κ2) is 2.92. The minimum Gasteiger partial charge on any atom is -0.316 e. The van der Waals surface area contributed by atoms with Crippen LogP contribution in [0.1, 0.15) is 18.2 Å². The first-order valence-corrected chi connectivity index (χ1v) is 3.79. The molecule has 0 amide bonds. The average molecular weight is 150 g/mol. The van der Waals surface area contributed by atoms with Crippen molar-refractivity contribution in [3.8, 4) is 0 Å². The molecule has 58 valence electrons. The van der Waals surface area contributed by atoms with Gasteiger partial charge >= 0.3 is 0 Å². The van der Waals surface area contributed by atoms with Crippen molar-refractivity contribution < 1.29 is 0 Å². The lowest BCUT2D eigenvalue weighted by molar-refractivity contribution is 0.693. The van der Waals surface area contributed by atoms with Crippen LogP contribution >= 0.6 is 0 Å². The van der Waals surface area contributed by atoms with Gasteiger partial charge in [-0.3, -0.25) is 0 Å². The maximum Gasteiger partial charge on any atom is 0.136 e. The quantitative estimate of drug-likeness (QED) is 0.609. The third-order valence-electron chi connectivity index (χ3n) is 1.94. The minimum absolute atomic E-state index is 0.498. The predicted molar refractivity (Wildman–Crippen MR) is 40.1 cm³/mol. The van der Waals surface area contributed by atoms with Gasteiger partial charge in [-0.05, 0) is 13.0 Å². The van der Waals surface area contributed by atoms with Crippen molar-refractivity contribution in [2.24, 2.45) is 0 Å². The molecule has 1 saturated heterocycles. The third-order valence-corrected chi connectivity index (χ3v) is 1.94. The highest BCUT2D eigenvalue weighted by molar-refractivity contribution is 4.97. The summed E-state index contributed by atoms with van der Waals surface area (Å²) >= 11 is 0. The van der Waals surface area contributed by atoms with Crippen molar-refractivity contribution in [2.45, 2.75) is 12.3 Å². The topological polar surface area (TPSA) is 50.7 Å². The zero-order valence-corrected chi connectivity index (χ0v) is 6.20. The summed E-state index contributed by atoms with van der Waals surface area (Å²) < 4.78 is 0. The molecule has 0 spiro atoms. The molecule has 1 N–H and O–H groups in total. The van der Waals surface area contributed by atoms with Gasteiger partial charge in [0.1, 0.15) is 18.5 Å². The Morgan fingerprint density at radius 3 is 2.82 bits per heavy atom. The van der Waals surface area contributed by atoms with E-state index in [-0.39, 0.29) is 0 Å². The van der Waals surface area contributed by atoms with E-state index in [9.17, 15) is 0 Å². The smallest absolute Gasteiger partial charge is 0.136 e. The van der Waals surface area contributed by atoms with Crippen LogP contribution in [0.5, 0.6) is 0 Å². The van der Waals surface area contributed by atoms with Gasteiger partial charge in [-0.15, -0.1) is 0 Å². The van der Waals surface area contributed by atoms with E-state index in [1.54, 1.807) is 12.7 Å². The Labute approximate surface area is 65.1 Å². The Morgan fingerprint density at radius 2 is 2.18 bits per heavy atom. The van der Waals surface area contributed by atoms with E-state index < -0.39 is 0 Å². The van der Waals surface area contributed by atoms with Gasteiger partial charge in [-0.1, -0.05) is 0 Å². The molecule has 1 aromatic rings. The molecule has 4 heteroatoms. The Bertz CT molecular complexity index is 217. The van der Waals surface area contributed by atoms with Crippen molar-refractivity contribution in [3.63, 3.8) is 0 Å². The molecule has 1 unspecified atom stereocenters. The molecule has 1 aliphatic heterocycles. The molecular formula is C7H10N4. The lowest BCUT2D eigenvalue weighted by Crippen LogP contribution is -2.10. The summed E-state index contributed by atoms with van der Waals surface area (Å²) in [4.78, 5) is 12.0. The van der Waals surface area contributed by atoms with Crippen molar-refractivity contribution in [2.75, 3.05) is 13.1 Å². The fraction of sp³-hybridized carbons (Fsp3) is 0.571. The van der Waals surface area contributed by atoms with Crippen LogP contribution in [0.25, 0.3) is 0 Å². The highest BCUT2D eigenvalue weighted by Gasteiger charge is 2.18. The number of hydrogen-bond donors (Lipinski definition) is 1. The van der Waals surface area contributed by atoms with E-state index >= 15 is 0 Å². The molecule has 4 nitrogen and oxygen atoms in total. The standard InChI is InChI=1S/C7H10N4/c1-2-8-3-6(1)7-10-4-9-5-11-7/h4-6,8H,1-3H2. The van der Waals surface area contributed by atoms with Gasteiger partial charge in [0.25, 0.3) is 0 Å². The fourth-order valence-electron chi connectivity index (χ4n) is 1.33. The third kappa shape index (κ3) is 1.35. The summed E-state index contributed by atoms with van der Waals surface area (Å²) in [6.07, 6.45) is 4.26. The SMILES string of the molecule is c1ncnc(C2CCNC2)n1. The van der Waals surface area contributed by atoms with Crippen LogP contribution in [0, 0.1) is 0 Å². The predicted octanol–water partition coefficient (Wildman–Crippen LogP) is -0.0515. The van der Waals surface area contributed by atoms with Crippen molar-refractivity contribution >= 4 is 0 Å². The van der Waals surface area contributed by atoms with Crippen LogP contribution in [-0.2, 0) is 0 Å². The van der Waals surface area contributed by atoms with Crippen LogP contribution in [0.2, 0.25) is 0 Å². The molecule has 0 bridgehead atoms. The van der Waals surface area contributed by atoms with Gasteiger partial charge in [0.15, 0.2) is 0 Å². The van der Waals surface area contributed by atoms with Crippen LogP contribution in [-0.4, -0.2) is 28.0 Å². The summed E-state index contributed by atoms with van der Waals surface area (Å²) in [7, 11) is 0. The summed E-state index contributed by atoms with van der Waals surface area (Å²) in [5.74, 6) is 1.42. The number of rotatable bonds is 1. The van der Waals surface area contributed by atoms with Gasteiger partial charge in [0.05, 0.1) is 0 Å². The van der Waals surface area contributed by atoms with Crippen molar-refractivity contribution in [1.82, 2.24) is 20.3 Å². The van der Waals surface area contributed by atoms with Gasteiger partial charge in [0.2, 0.25) is 0 Å². The number of hydrogen-bond acceptors (Lipinski definition) is 4. The van der Waals surface area contributed by atoms with Crippen LogP contribution in [0.3, 0.4) is 0 Å². The Balaban J connectivity index is 2.16. The molecule has 1 fully saturated rings. The summed E-state index contributed by atoms with van der Waals surface area (Å²) in [6, 6.07) is 0. The van der Waals surface area contributed by atoms with E-state index in [1.807, 2.05) is 0 Å². The van der Waals surface area contributed by atoms with Crippen LogP contribution in [0.15, 0.2) is 12.7 Å². The summed E-state index contributed by atoms with van der Waals surface area (Å²) in [5.41, 5.74) is 0. The fourth-order valence-corrected chi connectivity index (χ4v) is 1.33. The van der Waals surface area contributed by atoms with Crippen LogP contribution in [0.4, 0.5) is 0 Å². The normalized spacial score (nSPS) is 23.8. The Morgan fingerprint density at radius 1 is 1.36 bits per heavy atom. The van der Waals surface area contributed by atoms with Gasteiger partial charge in [-0.2, -0.15) is 0 Å². The molecule has 1 atom stereocenters. The Kier molecular flexibility index (Phi) is 1.77. The zero-order chi connectivity index (χ0) is 7.52. The average Bonchev–Trinajstić information content (AvgIpc) is 2.58. The zero-order valence-electron chi connectivity index (χ0n) is 6.20. The van der Waals surface area contributed by atoms with Crippen molar-refractivity contribution in [3.05, 3.63) is 18.5 Å². The molecule has 0 saturated carbocycles. The summed E-state index contributed by atoms with van der Waals surface area (Å²) in [6.45, 7) is 2.08. The molecule has 1 aliphatic rings. The number of nitrogens with zero attached hydrogens (tertiary/aromatic N) is 3. The maximum atomic E-state index is 4.10. The van der Waals surface area contributed by atoms with E-state index in [4.69, 9.17) is 0 Å². The first kappa shape index (κ1) is 6.67. The molecule has 0 radical (unpaired) electrons. The molecule has 0 aliphatic carbocycles. The second-order valence-electron chi connectivity index (χ2n) is 2.69. The van der Waals surface area contributed by atoms with Gasteiger partial charge in [-0.25, -0.2) is 15.0 Å². The van der Waals surface area contributed by atoms with E-state index in [2.05, 4.69) is 20.3 Å². The van der Waals surface area contributed by atoms with E-state index in [0.717, 1.165) is 25.3 Å². The maximum absolute atomic E-state index is 4.10. The first-order chi connectivity index (χ1) is 5.47. The van der Waals surface area contributed by atoms with Crippen molar-refractivity contribution in [1.29, 1.82) is 0 Å². The number of nitrogens with one attached hydrogen (secondary N) is 1. The highest BCUT2D eigenvalue weighted by atomic mass is 15.0. The second-order valence-corrected chi connectivity index (χ2v) is 2.69. The summed E-state index contributed by atoms with van der Waals surface area (Å²) in [5, 5.41) is 3.27.